The third kappa shape index (κ3) is 3.98. The molecule has 0 aliphatic rings. The zero-order valence-electron chi connectivity index (χ0n) is 9.87. The molecule has 88 valence electrons. The third-order valence-corrected chi connectivity index (χ3v) is 2.09. The molecule has 0 bridgehead atoms. The van der Waals surface area contributed by atoms with Gasteiger partial charge in [-0.1, -0.05) is 12.1 Å². The van der Waals surface area contributed by atoms with E-state index in [0.717, 1.165) is 0 Å². The molecule has 1 aromatic carbocycles. The molecular weight excluding hydrogens is 209 g/mol. The lowest BCUT2D eigenvalue weighted by Crippen LogP contribution is -2.38. The molecule has 0 saturated heterocycles. The SMILES string of the molecule is C[N+](C)(C)CCOC(=O)c1ccccc1F. The zero-order chi connectivity index (χ0) is 12.2. The molecule has 3 nitrogen and oxygen atoms in total. The van der Waals surface area contributed by atoms with Crippen molar-refractivity contribution < 1.29 is 18.4 Å². The van der Waals surface area contributed by atoms with Gasteiger partial charge in [-0.15, -0.1) is 0 Å². The molecule has 0 amide bonds. The van der Waals surface area contributed by atoms with Crippen LogP contribution in [0.15, 0.2) is 24.3 Å². The minimum atomic E-state index is -0.605. The minimum Gasteiger partial charge on any atom is -0.456 e. The van der Waals surface area contributed by atoms with Crippen molar-refractivity contribution in [3.63, 3.8) is 0 Å². The number of carbonyl (C=O) groups excluding carboxylic acids is 1. The Morgan fingerprint density at radius 3 is 2.50 bits per heavy atom. The maximum Gasteiger partial charge on any atom is 0.341 e. The summed E-state index contributed by atoms with van der Waals surface area (Å²) in [5.41, 5.74) is -0.0103. The third-order valence-electron chi connectivity index (χ3n) is 2.09. The topological polar surface area (TPSA) is 26.3 Å². The van der Waals surface area contributed by atoms with Crippen LogP contribution in [0.5, 0.6) is 0 Å². The van der Waals surface area contributed by atoms with Crippen LogP contribution in [-0.2, 0) is 4.74 Å². The summed E-state index contributed by atoms with van der Waals surface area (Å²) in [5.74, 6) is -1.15. The Morgan fingerprint density at radius 2 is 1.94 bits per heavy atom. The number of carbonyl (C=O) groups is 1. The van der Waals surface area contributed by atoms with Gasteiger partial charge in [0.2, 0.25) is 0 Å². The fourth-order valence-electron chi connectivity index (χ4n) is 1.12. The van der Waals surface area contributed by atoms with Crippen molar-refractivity contribution in [1.29, 1.82) is 0 Å². The Kier molecular flexibility index (Phi) is 4.01. The van der Waals surface area contributed by atoms with Gasteiger partial charge in [0.1, 0.15) is 19.0 Å². The van der Waals surface area contributed by atoms with E-state index in [2.05, 4.69) is 0 Å². The summed E-state index contributed by atoms with van der Waals surface area (Å²) in [4.78, 5) is 11.5. The molecule has 0 radical (unpaired) electrons. The second kappa shape index (κ2) is 5.07. The largest absolute Gasteiger partial charge is 0.456 e. The van der Waals surface area contributed by atoms with Crippen LogP contribution in [-0.4, -0.2) is 44.7 Å². The van der Waals surface area contributed by atoms with E-state index in [4.69, 9.17) is 4.74 Å². The highest BCUT2D eigenvalue weighted by atomic mass is 19.1. The van der Waals surface area contributed by atoms with Crippen LogP contribution in [0.4, 0.5) is 4.39 Å². The van der Waals surface area contributed by atoms with Crippen molar-refractivity contribution in [2.24, 2.45) is 0 Å². The van der Waals surface area contributed by atoms with Gasteiger partial charge in [0.05, 0.1) is 26.7 Å². The maximum absolute atomic E-state index is 13.2. The molecule has 0 unspecified atom stereocenters. The van der Waals surface area contributed by atoms with E-state index in [1.807, 2.05) is 21.1 Å². The van der Waals surface area contributed by atoms with Gasteiger partial charge in [0, 0.05) is 0 Å². The van der Waals surface area contributed by atoms with Crippen LogP contribution in [0.1, 0.15) is 10.4 Å². The summed E-state index contributed by atoms with van der Waals surface area (Å²) in [6.07, 6.45) is 0. The first-order valence-corrected chi connectivity index (χ1v) is 5.12. The van der Waals surface area contributed by atoms with Crippen molar-refractivity contribution in [3.05, 3.63) is 35.6 Å². The number of rotatable bonds is 4. The van der Waals surface area contributed by atoms with Crippen molar-refractivity contribution in [3.8, 4) is 0 Å². The molecule has 0 atom stereocenters. The number of hydrogen-bond donors (Lipinski definition) is 0. The Balaban J connectivity index is 2.51. The van der Waals surface area contributed by atoms with Crippen LogP contribution in [0.3, 0.4) is 0 Å². The number of quaternary nitrogens is 1. The van der Waals surface area contributed by atoms with Gasteiger partial charge in [-0.05, 0) is 12.1 Å². The predicted molar refractivity (Wildman–Crippen MR) is 59.6 cm³/mol. The smallest absolute Gasteiger partial charge is 0.341 e. The lowest BCUT2D eigenvalue weighted by Gasteiger charge is -2.23. The molecule has 4 heteroatoms. The summed E-state index contributed by atoms with van der Waals surface area (Å²) >= 11 is 0. The molecule has 0 fully saturated rings. The Bertz CT molecular complexity index is 372. The molecule has 0 aromatic heterocycles. The summed E-state index contributed by atoms with van der Waals surface area (Å²) in [7, 11) is 5.99. The van der Waals surface area contributed by atoms with Gasteiger partial charge >= 0.3 is 5.97 Å². The highest BCUT2D eigenvalue weighted by Gasteiger charge is 2.14. The quantitative estimate of drug-likeness (QED) is 0.577. The maximum atomic E-state index is 13.2. The van der Waals surface area contributed by atoms with Gasteiger partial charge in [-0.2, -0.15) is 0 Å². The lowest BCUT2D eigenvalue weighted by atomic mass is 10.2. The molecule has 0 aliphatic carbocycles. The number of hydrogen-bond acceptors (Lipinski definition) is 2. The molecule has 0 heterocycles. The van der Waals surface area contributed by atoms with E-state index in [9.17, 15) is 9.18 Å². The molecule has 1 aromatic rings. The second-order valence-electron chi connectivity index (χ2n) is 4.63. The van der Waals surface area contributed by atoms with Gasteiger partial charge in [0.25, 0.3) is 0 Å². The van der Waals surface area contributed by atoms with Crippen LogP contribution in [0, 0.1) is 5.82 Å². The predicted octanol–water partition coefficient (Wildman–Crippen LogP) is 1.69. The van der Waals surface area contributed by atoms with E-state index in [1.54, 1.807) is 6.07 Å². The number of likely N-dealkylation sites (N-methyl/N-ethyl adjacent to an activating group) is 1. The summed E-state index contributed by atoms with van der Waals surface area (Å²) in [6.45, 7) is 0.983. The van der Waals surface area contributed by atoms with Crippen molar-refractivity contribution >= 4 is 5.97 Å². The van der Waals surface area contributed by atoms with Gasteiger partial charge in [-0.3, -0.25) is 0 Å². The molecule has 0 spiro atoms. The van der Waals surface area contributed by atoms with Crippen molar-refractivity contribution in [2.75, 3.05) is 34.3 Å². The first-order chi connectivity index (χ1) is 7.40. The van der Waals surface area contributed by atoms with Gasteiger partial charge < -0.3 is 9.22 Å². The molecule has 0 N–H and O–H groups in total. The number of nitrogens with zero attached hydrogens (tertiary/aromatic N) is 1. The normalized spacial score (nSPS) is 11.2. The lowest BCUT2D eigenvalue weighted by molar-refractivity contribution is -0.870. The minimum absolute atomic E-state index is 0.0103. The Morgan fingerprint density at radius 1 is 1.31 bits per heavy atom. The van der Waals surface area contributed by atoms with Gasteiger partial charge in [-0.25, -0.2) is 9.18 Å². The van der Waals surface area contributed by atoms with Crippen LogP contribution in [0.25, 0.3) is 0 Å². The van der Waals surface area contributed by atoms with E-state index < -0.39 is 11.8 Å². The first-order valence-electron chi connectivity index (χ1n) is 5.12. The highest BCUT2D eigenvalue weighted by molar-refractivity contribution is 5.89. The van der Waals surface area contributed by atoms with Crippen molar-refractivity contribution in [1.82, 2.24) is 0 Å². The van der Waals surface area contributed by atoms with E-state index in [-0.39, 0.29) is 12.2 Å². The number of benzene rings is 1. The summed E-state index contributed by atoms with van der Waals surface area (Å²) in [5, 5.41) is 0. The van der Waals surface area contributed by atoms with Crippen LogP contribution < -0.4 is 0 Å². The first kappa shape index (κ1) is 12.6. The zero-order valence-corrected chi connectivity index (χ0v) is 9.87. The van der Waals surface area contributed by atoms with E-state index >= 15 is 0 Å². The fraction of sp³-hybridized carbons (Fsp3) is 0.417. The Hall–Kier alpha value is -1.42. The van der Waals surface area contributed by atoms with E-state index in [0.29, 0.717) is 11.0 Å². The standard InChI is InChI=1S/C12H17FNO2/c1-14(2,3)8-9-16-12(15)10-6-4-5-7-11(10)13/h4-7H,8-9H2,1-3H3/q+1. The summed E-state index contributed by atoms with van der Waals surface area (Å²) in [6, 6.07) is 5.82. The molecule has 0 aliphatic heterocycles. The van der Waals surface area contributed by atoms with Crippen LogP contribution >= 0.6 is 0 Å². The number of ether oxygens (including phenoxy) is 1. The molecule has 0 saturated carbocycles. The number of esters is 1. The fourth-order valence-corrected chi connectivity index (χ4v) is 1.12. The van der Waals surface area contributed by atoms with Crippen molar-refractivity contribution in [2.45, 2.75) is 0 Å². The average Bonchev–Trinajstić information content (AvgIpc) is 2.16. The average molecular weight is 226 g/mol. The second-order valence-corrected chi connectivity index (χ2v) is 4.63. The van der Waals surface area contributed by atoms with Gasteiger partial charge in [0.15, 0.2) is 0 Å². The Labute approximate surface area is 95.0 Å². The molecular formula is C12H17FNO2+. The monoisotopic (exact) mass is 226 g/mol. The summed E-state index contributed by atoms with van der Waals surface area (Å²) < 4.78 is 18.9. The number of halogens is 1. The molecule has 16 heavy (non-hydrogen) atoms. The van der Waals surface area contributed by atoms with E-state index in [1.165, 1.54) is 18.2 Å². The molecule has 1 rings (SSSR count). The highest BCUT2D eigenvalue weighted by Crippen LogP contribution is 2.07. The van der Waals surface area contributed by atoms with Crippen LogP contribution in [0.2, 0.25) is 0 Å².